The van der Waals surface area contributed by atoms with Gasteiger partial charge in [0.15, 0.2) is 0 Å². The number of hydrogen-bond acceptors (Lipinski definition) is 1. The van der Waals surface area contributed by atoms with E-state index in [0.29, 0.717) is 0 Å². The molecule has 0 N–H and O–H groups in total. The molecule has 0 aliphatic carbocycles. The third-order valence-electron chi connectivity index (χ3n) is 1.93. The van der Waals surface area contributed by atoms with E-state index in [0.717, 1.165) is 13.0 Å². The van der Waals surface area contributed by atoms with E-state index in [1.165, 1.54) is 11.1 Å². The van der Waals surface area contributed by atoms with Crippen molar-refractivity contribution in [2.45, 2.75) is 19.9 Å². The maximum absolute atomic E-state index is 2.21. The second kappa shape index (κ2) is 4.27. The molecule has 0 aliphatic heterocycles. The van der Waals surface area contributed by atoms with Gasteiger partial charge in [-0.15, -0.1) is 0 Å². The van der Waals surface area contributed by atoms with Crippen LogP contribution in [-0.4, -0.2) is 19.0 Å². The molecule has 0 fully saturated rings. The van der Waals surface area contributed by atoms with Crippen LogP contribution in [0.5, 0.6) is 0 Å². The molecule has 0 bridgehead atoms. The summed E-state index contributed by atoms with van der Waals surface area (Å²) >= 11 is 0. The van der Waals surface area contributed by atoms with Gasteiger partial charge in [-0.2, -0.15) is 0 Å². The lowest BCUT2D eigenvalue weighted by Gasteiger charge is -2.09. The molecule has 0 radical (unpaired) electrons. The van der Waals surface area contributed by atoms with Crippen molar-refractivity contribution in [3.05, 3.63) is 35.4 Å². The number of rotatable bonds is 3. The molecule has 0 aliphatic rings. The summed E-state index contributed by atoms with van der Waals surface area (Å²) < 4.78 is 0. The molecule has 0 saturated carbocycles. The fraction of sp³-hybridized carbons (Fsp3) is 0.455. The normalized spacial score (nSPS) is 10.7. The van der Waals surface area contributed by atoms with Gasteiger partial charge in [-0.25, -0.2) is 0 Å². The largest absolute Gasteiger partial charge is 0.305 e. The van der Waals surface area contributed by atoms with Crippen molar-refractivity contribution >= 4 is 0 Å². The highest BCUT2D eigenvalue weighted by atomic mass is 15.0. The molecule has 0 spiro atoms. The summed E-state index contributed by atoms with van der Waals surface area (Å²) in [7, 11) is 4.18. The van der Waals surface area contributed by atoms with Gasteiger partial charge < -0.3 is 4.90 Å². The molecule has 1 heteroatoms. The van der Waals surface area contributed by atoms with Gasteiger partial charge in [-0.3, -0.25) is 0 Å². The van der Waals surface area contributed by atoms with E-state index in [4.69, 9.17) is 0 Å². The van der Waals surface area contributed by atoms with Crippen LogP contribution in [0.3, 0.4) is 0 Å². The van der Waals surface area contributed by atoms with Crippen molar-refractivity contribution < 1.29 is 0 Å². The van der Waals surface area contributed by atoms with Crippen molar-refractivity contribution in [1.29, 1.82) is 0 Å². The first-order valence-corrected chi connectivity index (χ1v) is 4.45. The lowest BCUT2D eigenvalue weighted by atomic mass is 10.1. The van der Waals surface area contributed by atoms with E-state index < -0.39 is 0 Å². The summed E-state index contributed by atoms with van der Waals surface area (Å²) in [5.74, 6) is 0. The summed E-state index contributed by atoms with van der Waals surface area (Å²) in [5, 5.41) is 0. The number of nitrogens with zero attached hydrogens (tertiary/aromatic N) is 1. The molecule has 1 nitrogen and oxygen atoms in total. The van der Waals surface area contributed by atoms with Crippen molar-refractivity contribution in [2.24, 2.45) is 0 Å². The second-order valence-corrected chi connectivity index (χ2v) is 3.41. The minimum Gasteiger partial charge on any atom is -0.305 e. The van der Waals surface area contributed by atoms with Gasteiger partial charge in [-0.05, 0) is 31.6 Å². The first-order valence-electron chi connectivity index (χ1n) is 4.45. The molecule has 66 valence electrons. The maximum atomic E-state index is 2.21. The molecule has 1 aromatic rings. The van der Waals surface area contributed by atoms with E-state index in [-0.39, 0.29) is 0 Å². The zero-order valence-corrected chi connectivity index (χ0v) is 8.17. The molecule has 0 heterocycles. The Kier molecular flexibility index (Phi) is 3.30. The Hall–Kier alpha value is -0.820. The molecule has 0 amide bonds. The van der Waals surface area contributed by atoms with Gasteiger partial charge >= 0.3 is 0 Å². The Morgan fingerprint density at radius 2 is 1.50 bits per heavy atom. The minimum absolute atomic E-state index is 1.03. The maximum Gasteiger partial charge on any atom is 0.0227 e. The fourth-order valence-corrected chi connectivity index (χ4v) is 1.25. The molecule has 0 unspecified atom stereocenters. The zero-order valence-electron chi connectivity index (χ0n) is 8.17. The zero-order chi connectivity index (χ0) is 8.97. The average Bonchev–Trinajstić information content (AvgIpc) is 2.05. The Balaban J connectivity index is 2.65. The Morgan fingerprint density at radius 1 is 1.00 bits per heavy atom. The predicted octanol–water partition coefficient (Wildman–Crippen LogP) is 2.31. The molecule has 0 aromatic heterocycles. The van der Waals surface area contributed by atoms with Crippen LogP contribution in [0.25, 0.3) is 0 Å². The van der Waals surface area contributed by atoms with Gasteiger partial charge in [0.05, 0.1) is 0 Å². The van der Waals surface area contributed by atoms with Crippen LogP contribution in [0.1, 0.15) is 18.1 Å². The first kappa shape index (κ1) is 9.27. The van der Waals surface area contributed by atoms with E-state index in [2.05, 4.69) is 50.2 Å². The van der Waals surface area contributed by atoms with Gasteiger partial charge in [0, 0.05) is 6.54 Å². The molecular weight excluding hydrogens is 146 g/mol. The van der Waals surface area contributed by atoms with Crippen LogP contribution < -0.4 is 0 Å². The highest BCUT2D eigenvalue weighted by Gasteiger charge is 1.94. The number of aryl methyl sites for hydroxylation is 1. The number of hydrogen-bond donors (Lipinski definition) is 0. The third kappa shape index (κ3) is 2.67. The summed E-state index contributed by atoms with van der Waals surface area (Å²) in [4.78, 5) is 2.18. The summed E-state index contributed by atoms with van der Waals surface area (Å²) in [6.45, 7) is 3.21. The highest BCUT2D eigenvalue weighted by Crippen LogP contribution is 2.06. The molecule has 1 rings (SSSR count). The van der Waals surface area contributed by atoms with E-state index in [1.807, 2.05) is 0 Å². The summed E-state index contributed by atoms with van der Waals surface area (Å²) in [5.41, 5.74) is 2.80. The Bertz CT molecular complexity index is 223. The predicted molar refractivity (Wildman–Crippen MR) is 53.2 cm³/mol. The molecule has 0 saturated heterocycles. The van der Waals surface area contributed by atoms with Gasteiger partial charge in [0.1, 0.15) is 0 Å². The van der Waals surface area contributed by atoms with Crippen LogP contribution in [0.4, 0.5) is 0 Å². The number of benzene rings is 1. The standard InChI is InChI=1S/C11H17N/c1-4-10-5-7-11(8-6-10)9-12(2)3/h5-8H,4,9H2,1-3H3. The van der Waals surface area contributed by atoms with E-state index >= 15 is 0 Å². The molecule has 0 atom stereocenters. The highest BCUT2D eigenvalue weighted by molar-refractivity contribution is 5.22. The lowest BCUT2D eigenvalue weighted by molar-refractivity contribution is 0.402. The lowest BCUT2D eigenvalue weighted by Crippen LogP contribution is -2.10. The Labute approximate surface area is 75.0 Å². The molecule has 12 heavy (non-hydrogen) atoms. The summed E-state index contributed by atoms with van der Waals surface area (Å²) in [6, 6.07) is 8.83. The SMILES string of the molecule is CCc1ccc(CN(C)C)cc1. The smallest absolute Gasteiger partial charge is 0.0227 e. The van der Waals surface area contributed by atoms with Crippen LogP contribution in [0.15, 0.2) is 24.3 Å². The van der Waals surface area contributed by atoms with Crippen LogP contribution >= 0.6 is 0 Å². The first-order chi connectivity index (χ1) is 5.72. The Morgan fingerprint density at radius 3 is 1.92 bits per heavy atom. The monoisotopic (exact) mass is 163 g/mol. The molecular formula is C11H17N. The van der Waals surface area contributed by atoms with Crippen molar-refractivity contribution in [3.8, 4) is 0 Å². The van der Waals surface area contributed by atoms with Crippen molar-refractivity contribution in [3.63, 3.8) is 0 Å². The van der Waals surface area contributed by atoms with Gasteiger partial charge in [-0.1, -0.05) is 31.2 Å². The van der Waals surface area contributed by atoms with Crippen LogP contribution in [0, 0.1) is 0 Å². The van der Waals surface area contributed by atoms with Crippen molar-refractivity contribution in [2.75, 3.05) is 14.1 Å². The van der Waals surface area contributed by atoms with Gasteiger partial charge in [0.25, 0.3) is 0 Å². The van der Waals surface area contributed by atoms with Gasteiger partial charge in [0.2, 0.25) is 0 Å². The minimum atomic E-state index is 1.03. The van der Waals surface area contributed by atoms with Crippen LogP contribution in [-0.2, 0) is 13.0 Å². The second-order valence-electron chi connectivity index (χ2n) is 3.41. The quantitative estimate of drug-likeness (QED) is 0.661. The summed E-state index contributed by atoms with van der Waals surface area (Å²) in [6.07, 6.45) is 1.13. The fourth-order valence-electron chi connectivity index (χ4n) is 1.25. The van der Waals surface area contributed by atoms with Crippen LogP contribution in [0.2, 0.25) is 0 Å². The van der Waals surface area contributed by atoms with Crippen molar-refractivity contribution in [1.82, 2.24) is 4.90 Å². The molecule has 1 aromatic carbocycles. The van der Waals surface area contributed by atoms with E-state index in [1.54, 1.807) is 0 Å². The average molecular weight is 163 g/mol. The van der Waals surface area contributed by atoms with E-state index in [9.17, 15) is 0 Å². The third-order valence-corrected chi connectivity index (χ3v) is 1.93. The topological polar surface area (TPSA) is 3.24 Å².